The molecule has 0 aliphatic heterocycles. The Morgan fingerprint density at radius 1 is 0.538 bits per heavy atom. The molecular formula is C10H4F15I. The summed E-state index contributed by atoms with van der Waals surface area (Å²) in [5.41, 5.74) is 0. The molecule has 0 unspecified atom stereocenters. The Balaban J connectivity index is 6.56. The van der Waals surface area contributed by atoms with Gasteiger partial charge >= 0.3 is 41.7 Å². The van der Waals surface area contributed by atoms with Gasteiger partial charge in [0.25, 0.3) is 0 Å². The predicted molar refractivity (Wildman–Crippen MR) is 63.5 cm³/mol. The van der Waals surface area contributed by atoms with Crippen molar-refractivity contribution in [3.8, 4) is 0 Å². The van der Waals surface area contributed by atoms with Gasteiger partial charge in [-0.2, -0.15) is 65.9 Å². The number of alkyl halides is 15. The van der Waals surface area contributed by atoms with Crippen molar-refractivity contribution < 1.29 is 65.9 Å². The van der Waals surface area contributed by atoms with Crippen LogP contribution in [0.3, 0.4) is 0 Å². The van der Waals surface area contributed by atoms with Gasteiger partial charge in [-0.25, -0.2) is 0 Å². The van der Waals surface area contributed by atoms with Crippen molar-refractivity contribution in [2.24, 2.45) is 0 Å². The summed E-state index contributed by atoms with van der Waals surface area (Å²) in [6.07, 6.45) is -8.68. The van der Waals surface area contributed by atoms with Crippen LogP contribution in [0.4, 0.5) is 65.9 Å². The second kappa shape index (κ2) is 6.49. The van der Waals surface area contributed by atoms with Gasteiger partial charge in [0.15, 0.2) is 0 Å². The van der Waals surface area contributed by atoms with Gasteiger partial charge in [-0.05, 0) is 39.2 Å². The molecule has 0 spiro atoms. The van der Waals surface area contributed by atoms with Crippen LogP contribution < -0.4 is 0 Å². The lowest BCUT2D eigenvalue weighted by molar-refractivity contribution is -0.449. The minimum atomic E-state index is -8.24. The molecule has 0 N–H and O–H groups in total. The maximum atomic E-state index is 13.2. The van der Waals surface area contributed by atoms with Crippen molar-refractivity contribution in [3.05, 3.63) is 9.66 Å². The summed E-state index contributed by atoms with van der Waals surface area (Å²) < 4.78 is 190. The maximum absolute atomic E-state index is 13.2. The number of hydrogen-bond acceptors (Lipinski definition) is 0. The zero-order chi connectivity index (χ0) is 21.8. The molecule has 26 heavy (non-hydrogen) atoms. The molecule has 0 nitrogen and oxygen atoms in total. The molecule has 0 aromatic heterocycles. The van der Waals surface area contributed by atoms with E-state index in [0.29, 0.717) is 6.92 Å². The summed E-state index contributed by atoms with van der Waals surface area (Å²) in [7, 11) is 0. The number of halogens is 16. The van der Waals surface area contributed by atoms with Crippen LogP contribution in [0.1, 0.15) is 6.92 Å². The Morgan fingerprint density at radius 3 is 1.08 bits per heavy atom. The fourth-order valence-electron chi connectivity index (χ4n) is 1.32. The van der Waals surface area contributed by atoms with E-state index in [4.69, 9.17) is 0 Å². The highest BCUT2D eigenvalue weighted by Crippen LogP contribution is 2.62. The van der Waals surface area contributed by atoms with Gasteiger partial charge in [0, 0.05) is 0 Å². The normalized spacial score (nSPS) is 16.9. The van der Waals surface area contributed by atoms with E-state index < -0.39 is 51.4 Å². The molecule has 0 aliphatic carbocycles. The maximum Gasteiger partial charge on any atom is 0.460 e. The predicted octanol–water partition coefficient (Wildman–Crippen LogP) is 6.70. The number of allylic oxidation sites excluding steroid dienone is 2. The van der Waals surface area contributed by atoms with Gasteiger partial charge < -0.3 is 0 Å². The van der Waals surface area contributed by atoms with Crippen molar-refractivity contribution in [2.75, 3.05) is 0 Å². The largest absolute Gasteiger partial charge is 0.460 e. The van der Waals surface area contributed by atoms with Gasteiger partial charge in [0.1, 0.15) is 0 Å². The lowest BCUT2D eigenvalue weighted by atomic mass is 9.91. The van der Waals surface area contributed by atoms with Gasteiger partial charge in [-0.1, -0.05) is 0 Å². The highest BCUT2D eigenvalue weighted by Gasteiger charge is 2.93. The SMILES string of the molecule is CC(I)=CC(F)(F)C(F)(F)C(F)(F)C(F)(F)C(F)(F)C(F)(F)C(F)(F)F. The highest BCUT2D eigenvalue weighted by atomic mass is 127. The molecule has 0 bridgehead atoms. The zero-order valence-corrected chi connectivity index (χ0v) is 13.8. The second-order valence-electron chi connectivity index (χ2n) is 4.72. The van der Waals surface area contributed by atoms with E-state index in [1.54, 1.807) is 0 Å². The summed E-state index contributed by atoms with van der Waals surface area (Å²) in [5.74, 6) is -46.2. The van der Waals surface area contributed by atoms with Crippen LogP contribution in [0.15, 0.2) is 9.66 Å². The van der Waals surface area contributed by atoms with Crippen molar-refractivity contribution >= 4 is 22.6 Å². The third-order valence-corrected chi connectivity index (χ3v) is 3.04. The topological polar surface area (TPSA) is 0 Å². The van der Waals surface area contributed by atoms with Crippen LogP contribution in [0.2, 0.25) is 0 Å². The molecule has 0 atom stereocenters. The third-order valence-electron chi connectivity index (χ3n) is 2.73. The molecule has 0 saturated heterocycles. The van der Waals surface area contributed by atoms with Crippen LogP contribution in [-0.4, -0.2) is 41.7 Å². The van der Waals surface area contributed by atoms with Gasteiger partial charge in [0.05, 0.1) is 0 Å². The standard InChI is InChI=1S/C10H4F15I/c1-3(26)2-4(11,12)5(13,14)6(15,16)7(17,18)8(19,20)9(21,22)10(23,24)25/h2H,1H3. The van der Waals surface area contributed by atoms with E-state index in [0.717, 1.165) is 22.6 Å². The Hall–Kier alpha value is -0.580. The first-order valence-corrected chi connectivity index (χ1v) is 6.68. The van der Waals surface area contributed by atoms with Crippen LogP contribution in [0.5, 0.6) is 0 Å². The summed E-state index contributed by atoms with van der Waals surface area (Å²) in [6, 6.07) is 0. The van der Waals surface area contributed by atoms with Crippen LogP contribution in [-0.2, 0) is 0 Å². The molecule has 0 aliphatic rings. The molecule has 0 aromatic rings. The second-order valence-corrected chi connectivity index (χ2v) is 6.43. The molecule has 0 amide bonds. The Morgan fingerprint density at radius 2 is 0.808 bits per heavy atom. The lowest BCUT2D eigenvalue weighted by Gasteiger charge is -2.41. The quantitative estimate of drug-likeness (QED) is 0.262. The van der Waals surface area contributed by atoms with Crippen LogP contribution >= 0.6 is 22.6 Å². The fourth-order valence-corrected chi connectivity index (χ4v) is 1.71. The number of rotatable bonds is 6. The fraction of sp³-hybridized carbons (Fsp3) is 0.800. The molecule has 0 radical (unpaired) electrons. The van der Waals surface area contributed by atoms with Crippen LogP contribution in [0, 0.1) is 0 Å². The lowest BCUT2D eigenvalue weighted by Crippen LogP contribution is -2.72. The van der Waals surface area contributed by atoms with E-state index in [1.165, 1.54) is 0 Å². The average Bonchev–Trinajstić information content (AvgIpc) is 2.34. The van der Waals surface area contributed by atoms with E-state index >= 15 is 0 Å². The number of hydrogen-bond donors (Lipinski definition) is 0. The monoisotopic (exact) mass is 536 g/mol. The molecule has 0 saturated carbocycles. The summed E-state index contributed by atoms with van der Waals surface area (Å²) in [5, 5.41) is 0. The minimum absolute atomic E-state index is 0.549. The Bertz CT molecular complexity index is 551. The van der Waals surface area contributed by atoms with E-state index in [2.05, 4.69) is 0 Å². The van der Waals surface area contributed by atoms with Crippen molar-refractivity contribution in [1.82, 2.24) is 0 Å². The van der Waals surface area contributed by atoms with Crippen molar-refractivity contribution in [3.63, 3.8) is 0 Å². The van der Waals surface area contributed by atoms with Crippen molar-refractivity contribution in [1.29, 1.82) is 0 Å². The van der Waals surface area contributed by atoms with Crippen LogP contribution in [0.25, 0.3) is 0 Å². The first kappa shape index (κ1) is 25.4. The molecule has 0 aromatic carbocycles. The average molecular weight is 536 g/mol. The smallest absolute Gasteiger partial charge is 0.195 e. The Kier molecular flexibility index (Phi) is 6.35. The van der Waals surface area contributed by atoms with Gasteiger partial charge in [-0.3, -0.25) is 0 Å². The van der Waals surface area contributed by atoms with Gasteiger partial charge in [0.2, 0.25) is 0 Å². The summed E-state index contributed by atoms with van der Waals surface area (Å²) in [6.45, 7) is 0.549. The highest BCUT2D eigenvalue weighted by molar-refractivity contribution is 14.1. The third kappa shape index (κ3) is 3.45. The zero-order valence-electron chi connectivity index (χ0n) is 11.6. The van der Waals surface area contributed by atoms with Crippen molar-refractivity contribution in [2.45, 2.75) is 48.6 Å². The first-order chi connectivity index (χ1) is 10.9. The Labute approximate surface area is 147 Å². The molecular weight excluding hydrogens is 532 g/mol. The molecule has 0 fully saturated rings. The van der Waals surface area contributed by atoms with Gasteiger partial charge in [-0.15, -0.1) is 0 Å². The van der Waals surface area contributed by atoms with E-state index in [-0.39, 0.29) is 0 Å². The molecule has 16 heteroatoms. The molecule has 0 rings (SSSR count). The first-order valence-electron chi connectivity index (χ1n) is 5.60. The minimum Gasteiger partial charge on any atom is -0.195 e. The molecule has 156 valence electrons. The molecule has 0 heterocycles. The van der Waals surface area contributed by atoms with E-state index in [1.807, 2.05) is 0 Å². The summed E-state index contributed by atoms with van der Waals surface area (Å²) >= 11 is 0.795. The summed E-state index contributed by atoms with van der Waals surface area (Å²) in [4.78, 5) is 0. The van der Waals surface area contributed by atoms with E-state index in [9.17, 15) is 65.9 Å².